The van der Waals surface area contributed by atoms with Crippen molar-refractivity contribution in [1.82, 2.24) is 5.32 Å². The summed E-state index contributed by atoms with van der Waals surface area (Å²) in [4.78, 5) is 0. The molecule has 1 aliphatic heterocycles. The van der Waals surface area contributed by atoms with Gasteiger partial charge in [-0.3, -0.25) is 0 Å². The van der Waals surface area contributed by atoms with Crippen molar-refractivity contribution in [2.75, 3.05) is 13.1 Å². The van der Waals surface area contributed by atoms with E-state index in [1.807, 2.05) is 0 Å². The molecule has 0 spiro atoms. The molecule has 0 radical (unpaired) electrons. The second kappa shape index (κ2) is 5.15. The molecule has 1 N–H and O–H groups in total. The number of nitrogens with one attached hydrogen (secondary N) is 1. The molecule has 0 atom stereocenters. The van der Waals surface area contributed by atoms with Gasteiger partial charge in [0.25, 0.3) is 0 Å². The molecule has 1 saturated heterocycles. The number of piperidine rings is 1. The Bertz CT molecular complexity index is 307. The Hall–Kier alpha value is -0.310. The van der Waals surface area contributed by atoms with E-state index in [4.69, 9.17) is 11.6 Å². The monoisotopic (exact) mass is 249 g/mol. The maximum atomic E-state index is 14.4. The summed E-state index contributed by atoms with van der Waals surface area (Å²) in [6.45, 7) is 1.50. The maximum absolute atomic E-state index is 14.4. The van der Waals surface area contributed by atoms with Gasteiger partial charge in [0.15, 0.2) is 0 Å². The Kier molecular flexibility index (Phi) is 4.38. The minimum atomic E-state index is -1.16. The second-order valence-electron chi connectivity index (χ2n) is 3.72. The predicted molar refractivity (Wildman–Crippen MR) is 63.6 cm³/mol. The van der Waals surface area contributed by atoms with Crippen LogP contribution in [0.15, 0.2) is 24.3 Å². The molecule has 0 amide bonds. The van der Waals surface area contributed by atoms with Crippen LogP contribution in [0.3, 0.4) is 0 Å². The van der Waals surface area contributed by atoms with Crippen LogP contribution < -0.4 is 5.32 Å². The van der Waals surface area contributed by atoms with E-state index in [1.165, 1.54) is 0 Å². The standard InChI is InChI=1S/C11H13ClFN.ClH/c12-10-3-1-9(2-4-10)11(13)5-7-14-8-6-11;/h1-4,14H,5-8H2;1H. The number of benzene rings is 1. The van der Waals surface area contributed by atoms with Crippen LogP contribution in [0.5, 0.6) is 0 Å². The topological polar surface area (TPSA) is 12.0 Å². The summed E-state index contributed by atoms with van der Waals surface area (Å²) in [5.74, 6) is 0. The smallest absolute Gasteiger partial charge is 0.138 e. The van der Waals surface area contributed by atoms with E-state index in [9.17, 15) is 4.39 Å². The van der Waals surface area contributed by atoms with Gasteiger partial charge in [-0.25, -0.2) is 4.39 Å². The first-order valence-corrected chi connectivity index (χ1v) is 5.24. The number of alkyl halides is 1. The van der Waals surface area contributed by atoms with Gasteiger partial charge in [-0.1, -0.05) is 23.7 Å². The van der Waals surface area contributed by atoms with Crippen molar-refractivity contribution in [2.24, 2.45) is 0 Å². The Morgan fingerprint density at radius 3 is 2.20 bits per heavy atom. The Morgan fingerprint density at radius 2 is 1.67 bits per heavy atom. The Balaban J connectivity index is 0.00000112. The van der Waals surface area contributed by atoms with E-state index in [0.29, 0.717) is 17.9 Å². The highest BCUT2D eigenvalue weighted by Crippen LogP contribution is 2.35. The molecule has 1 aliphatic rings. The van der Waals surface area contributed by atoms with Gasteiger partial charge in [0.05, 0.1) is 0 Å². The quantitative estimate of drug-likeness (QED) is 0.806. The molecule has 0 bridgehead atoms. The van der Waals surface area contributed by atoms with Gasteiger partial charge in [0.2, 0.25) is 0 Å². The van der Waals surface area contributed by atoms with Crippen LogP contribution in [0.1, 0.15) is 18.4 Å². The summed E-state index contributed by atoms with van der Waals surface area (Å²) >= 11 is 5.76. The third kappa shape index (κ3) is 2.83. The lowest BCUT2D eigenvalue weighted by Gasteiger charge is -2.30. The summed E-state index contributed by atoms with van der Waals surface area (Å²) < 4.78 is 14.4. The Labute approximate surface area is 100 Å². The third-order valence-electron chi connectivity index (χ3n) is 2.76. The first-order chi connectivity index (χ1) is 6.71. The molecule has 1 heterocycles. The highest BCUT2D eigenvalue weighted by atomic mass is 35.5. The SMILES string of the molecule is Cl.FC1(c2ccc(Cl)cc2)CCNCC1. The lowest BCUT2D eigenvalue weighted by molar-refractivity contribution is 0.115. The highest BCUT2D eigenvalue weighted by Gasteiger charge is 2.33. The average molecular weight is 250 g/mol. The maximum Gasteiger partial charge on any atom is 0.138 e. The van der Waals surface area contributed by atoms with Crippen LogP contribution in [0.25, 0.3) is 0 Å². The third-order valence-corrected chi connectivity index (χ3v) is 3.01. The van der Waals surface area contributed by atoms with Gasteiger partial charge in [0.1, 0.15) is 5.67 Å². The highest BCUT2D eigenvalue weighted by molar-refractivity contribution is 6.30. The fourth-order valence-electron chi connectivity index (χ4n) is 1.86. The van der Waals surface area contributed by atoms with Crippen molar-refractivity contribution >= 4 is 24.0 Å². The van der Waals surface area contributed by atoms with Crippen LogP contribution in [-0.4, -0.2) is 13.1 Å². The molecule has 1 aromatic carbocycles. The van der Waals surface area contributed by atoms with E-state index < -0.39 is 5.67 Å². The van der Waals surface area contributed by atoms with Crippen LogP contribution in [-0.2, 0) is 5.67 Å². The molecule has 1 aromatic rings. The zero-order chi connectivity index (χ0) is 10.0. The van der Waals surface area contributed by atoms with Crippen molar-refractivity contribution < 1.29 is 4.39 Å². The zero-order valence-electron chi connectivity index (χ0n) is 8.30. The summed E-state index contributed by atoms with van der Waals surface area (Å²) in [5.41, 5.74) is -0.404. The minimum Gasteiger partial charge on any atom is -0.316 e. The van der Waals surface area contributed by atoms with Gasteiger partial charge in [-0.2, -0.15) is 0 Å². The molecule has 0 aromatic heterocycles. The van der Waals surface area contributed by atoms with E-state index >= 15 is 0 Å². The number of halogens is 3. The Morgan fingerprint density at radius 1 is 1.13 bits per heavy atom. The zero-order valence-corrected chi connectivity index (χ0v) is 9.87. The van der Waals surface area contributed by atoms with Gasteiger partial charge in [0, 0.05) is 5.02 Å². The largest absolute Gasteiger partial charge is 0.316 e. The minimum absolute atomic E-state index is 0. The van der Waals surface area contributed by atoms with Gasteiger partial charge in [-0.15, -0.1) is 12.4 Å². The van der Waals surface area contributed by atoms with E-state index in [-0.39, 0.29) is 12.4 Å². The van der Waals surface area contributed by atoms with Crippen molar-refractivity contribution in [3.8, 4) is 0 Å². The molecule has 1 nitrogen and oxygen atoms in total. The normalized spacial score (nSPS) is 19.3. The fourth-order valence-corrected chi connectivity index (χ4v) is 1.99. The molecular formula is C11H14Cl2FN. The van der Waals surface area contributed by atoms with Crippen LogP contribution in [0.2, 0.25) is 5.02 Å². The van der Waals surface area contributed by atoms with Gasteiger partial charge >= 0.3 is 0 Å². The van der Waals surface area contributed by atoms with E-state index in [2.05, 4.69) is 5.32 Å². The van der Waals surface area contributed by atoms with Crippen molar-refractivity contribution in [1.29, 1.82) is 0 Å². The van der Waals surface area contributed by atoms with Gasteiger partial charge in [-0.05, 0) is 43.6 Å². The molecule has 84 valence electrons. The summed E-state index contributed by atoms with van der Waals surface area (Å²) in [6, 6.07) is 7.07. The summed E-state index contributed by atoms with van der Waals surface area (Å²) in [7, 11) is 0. The van der Waals surface area contributed by atoms with Crippen LogP contribution >= 0.6 is 24.0 Å². The number of rotatable bonds is 1. The molecule has 0 aliphatic carbocycles. The van der Waals surface area contributed by atoms with Crippen molar-refractivity contribution in [3.63, 3.8) is 0 Å². The second-order valence-corrected chi connectivity index (χ2v) is 4.16. The number of hydrogen-bond acceptors (Lipinski definition) is 1. The summed E-state index contributed by atoms with van der Waals surface area (Å²) in [5, 5.41) is 3.81. The molecule has 2 rings (SSSR count). The lowest BCUT2D eigenvalue weighted by atomic mass is 9.87. The van der Waals surface area contributed by atoms with Crippen LogP contribution in [0.4, 0.5) is 4.39 Å². The van der Waals surface area contributed by atoms with Gasteiger partial charge < -0.3 is 5.32 Å². The van der Waals surface area contributed by atoms with Crippen molar-refractivity contribution in [3.05, 3.63) is 34.9 Å². The average Bonchev–Trinajstić information content (AvgIpc) is 2.19. The van der Waals surface area contributed by atoms with Crippen LogP contribution in [0, 0.1) is 0 Å². The molecule has 1 fully saturated rings. The van der Waals surface area contributed by atoms with Crippen molar-refractivity contribution in [2.45, 2.75) is 18.5 Å². The first-order valence-electron chi connectivity index (χ1n) is 4.86. The first kappa shape index (κ1) is 12.8. The van der Waals surface area contributed by atoms with E-state index in [1.54, 1.807) is 24.3 Å². The molecule has 15 heavy (non-hydrogen) atoms. The molecular weight excluding hydrogens is 236 g/mol. The van der Waals surface area contributed by atoms with E-state index in [0.717, 1.165) is 18.7 Å². The molecule has 4 heteroatoms. The lowest BCUT2D eigenvalue weighted by Crippen LogP contribution is -2.36. The molecule has 0 unspecified atom stereocenters. The predicted octanol–water partition coefficient (Wildman–Crippen LogP) is 3.31. The molecule has 0 saturated carbocycles. The number of hydrogen-bond donors (Lipinski definition) is 1. The summed E-state index contributed by atoms with van der Waals surface area (Å²) in [6.07, 6.45) is 1.10. The fraction of sp³-hybridized carbons (Fsp3) is 0.455.